The Morgan fingerprint density at radius 3 is 2.86 bits per heavy atom. The third-order valence-corrected chi connectivity index (χ3v) is 5.01. The first-order chi connectivity index (χ1) is 10.6. The van der Waals surface area contributed by atoms with Gasteiger partial charge in [0.25, 0.3) is 0 Å². The van der Waals surface area contributed by atoms with Crippen LogP contribution in [0, 0.1) is 0 Å². The van der Waals surface area contributed by atoms with E-state index in [4.69, 9.17) is 9.47 Å². The smallest absolute Gasteiger partial charge is 0.161 e. The number of aliphatic hydroxyl groups is 1. The number of nitrogens with zero attached hydrogens (tertiary/aromatic N) is 1. The standard InChI is InChI=1S/C18H25NO3/c1-4-22-16-11-13(5-6-15(16)21-3)18-8-7-14(20)12-17(18)19(2)10-9-18/h5-6,11-12,14,20H,4,7-10H2,1-3H3/t14-,18+/m1/s1. The first-order valence-corrected chi connectivity index (χ1v) is 8.03. The summed E-state index contributed by atoms with van der Waals surface area (Å²) >= 11 is 0. The lowest BCUT2D eigenvalue weighted by Crippen LogP contribution is -2.33. The van der Waals surface area contributed by atoms with E-state index in [0.717, 1.165) is 37.3 Å². The van der Waals surface area contributed by atoms with Crippen molar-refractivity contribution in [2.75, 3.05) is 27.3 Å². The molecule has 1 heterocycles. The fourth-order valence-corrected chi connectivity index (χ4v) is 3.85. The van der Waals surface area contributed by atoms with Crippen LogP contribution in [0.5, 0.6) is 11.5 Å². The predicted octanol–water partition coefficient (Wildman–Crippen LogP) is 2.71. The van der Waals surface area contributed by atoms with E-state index in [1.54, 1.807) is 7.11 Å². The topological polar surface area (TPSA) is 41.9 Å². The molecule has 1 aliphatic carbocycles. The Balaban J connectivity index is 2.06. The van der Waals surface area contributed by atoms with Gasteiger partial charge >= 0.3 is 0 Å². The second-order valence-electron chi connectivity index (χ2n) is 6.21. The van der Waals surface area contributed by atoms with Crippen LogP contribution in [-0.4, -0.2) is 43.4 Å². The Labute approximate surface area is 132 Å². The molecule has 2 aliphatic rings. The molecule has 120 valence electrons. The Kier molecular flexibility index (Phi) is 4.04. The van der Waals surface area contributed by atoms with Gasteiger partial charge in [-0.25, -0.2) is 0 Å². The summed E-state index contributed by atoms with van der Waals surface area (Å²) in [4.78, 5) is 2.27. The number of likely N-dealkylation sites (tertiary alicyclic amines) is 1. The minimum Gasteiger partial charge on any atom is -0.493 e. The average molecular weight is 303 g/mol. The lowest BCUT2D eigenvalue weighted by Gasteiger charge is -2.37. The number of fused-ring (bicyclic) bond motifs is 1. The molecule has 1 fully saturated rings. The maximum Gasteiger partial charge on any atom is 0.161 e. The zero-order valence-electron chi connectivity index (χ0n) is 13.6. The molecule has 1 aliphatic heterocycles. The number of aliphatic hydroxyl groups excluding tert-OH is 1. The number of rotatable bonds is 4. The van der Waals surface area contributed by atoms with Crippen LogP contribution in [-0.2, 0) is 5.41 Å². The van der Waals surface area contributed by atoms with Gasteiger partial charge in [0.2, 0.25) is 0 Å². The van der Waals surface area contributed by atoms with Gasteiger partial charge in [0.1, 0.15) is 0 Å². The molecule has 0 saturated carbocycles. The van der Waals surface area contributed by atoms with E-state index in [-0.39, 0.29) is 11.5 Å². The number of ether oxygens (including phenoxy) is 2. The summed E-state index contributed by atoms with van der Waals surface area (Å²) in [7, 11) is 3.78. The molecule has 0 unspecified atom stereocenters. The molecule has 4 nitrogen and oxygen atoms in total. The Hall–Kier alpha value is -1.68. The van der Waals surface area contributed by atoms with Gasteiger partial charge < -0.3 is 19.5 Å². The van der Waals surface area contributed by atoms with Crippen molar-refractivity contribution in [3.8, 4) is 11.5 Å². The average Bonchev–Trinajstić information content (AvgIpc) is 2.86. The molecule has 3 rings (SSSR count). The highest BCUT2D eigenvalue weighted by Crippen LogP contribution is 2.50. The molecule has 0 spiro atoms. The van der Waals surface area contributed by atoms with E-state index < -0.39 is 0 Å². The van der Waals surface area contributed by atoms with Crippen molar-refractivity contribution in [2.45, 2.75) is 37.7 Å². The molecule has 0 aromatic heterocycles. The third kappa shape index (κ3) is 2.35. The molecule has 2 atom stereocenters. The van der Waals surface area contributed by atoms with Crippen LogP contribution in [0.4, 0.5) is 0 Å². The molecule has 0 bridgehead atoms. The number of likely N-dealkylation sites (N-methyl/N-ethyl adjacent to an activating group) is 1. The summed E-state index contributed by atoms with van der Waals surface area (Å²) in [5.41, 5.74) is 2.52. The minimum absolute atomic E-state index is 0.00605. The monoisotopic (exact) mass is 303 g/mol. The van der Waals surface area contributed by atoms with Crippen molar-refractivity contribution < 1.29 is 14.6 Å². The second kappa shape index (κ2) is 5.84. The summed E-state index contributed by atoms with van der Waals surface area (Å²) in [5, 5.41) is 10.0. The molecular weight excluding hydrogens is 278 g/mol. The van der Waals surface area contributed by atoms with Crippen molar-refractivity contribution in [1.29, 1.82) is 0 Å². The number of allylic oxidation sites excluding steroid dienone is 1. The number of benzene rings is 1. The lowest BCUT2D eigenvalue weighted by atomic mass is 9.70. The lowest BCUT2D eigenvalue weighted by molar-refractivity contribution is 0.181. The summed E-state index contributed by atoms with van der Waals surface area (Å²) in [6.07, 6.45) is 4.57. The van der Waals surface area contributed by atoms with Crippen molar-refractivity contribution in [2.24, 2.45) is 0 Å². The van der Waals surface area contributed by atoms with E-state index in [0.29, 0.717) is 6.61 Å². The Morgan fingerprint density at radius 2 is 2.14 bits per heavy atom. The van der Waals surface area contributed by atoms with Gasteiger partial charge in [-0.15, -0.1) is 0 Å². The first-order valence-electron chi connectivity index (χ1n) is 8.03. The van der Waals surface area contributed by atoms with Gasteiger partial charge in [-0.1, -0.05) is 6.07 Å². The fourth-order valence-electron chi connectivity index (χ4n) is 3.85. The number of methoxy groups -OCH3 is 1. The molecule has 0 radical (unpaired) electrons. The highest BCUT2D eigenvalue weighted by Gasteiger charge is 2.45. The molecule has 1 aromatic rings. The molecule has 1 N–H and O–H groups in total. The van der Waals surface area contributed by atoms with Crippen molar-refractivity contribution >= 4 is 0 Å². The van der Waals surface area contributed by atoms with Gasteiger partial charge in [0.15, 0.2) is 11.5 Å². The van der Waals surface area contributed by atoms with Gasteiger partial charge in [0.05, 0.1) is 19.8 Å². The van der Waals surface area contributed by atoms with Crippen LogP contribution < -0.4 is 9.47 Å². The number of hydrogen-bond donors (Lipinski definition) is 1. The number of hydrogen-bond acceptors (Lipinski definition) is 4. The van der Waals surface area contributed by atoms with Crippen molar-refractivity contribution in [1.82, 2.24) is 4.90 Å². The van der Waals surface area contributed by atoms with Gasteiger partial charge in [0, 0.05) is 24.7 Å². The maximum absolute atomic E-state index is 10.0. The SMILES string of the molecule is CCOc1cc([C@@]23CC[C@@H](O)C=C2N(C)CC3)ccc1OC. The van der Waals surface area contributed by atoms with Crippen LogP contribution in [0.3, 0.4) is 0 Å². The predicted molar refractivity (Wildman–Crippen MR) is 86.4 cm³/mol. The molecule has 0 amide bonds. The molecular formula is C18H25NO3. The van der Waals surface area contributed by atoms with Crippen molar-refractivity contribution in [3.63, 3.8) is 0 Å². The molecule has 22 heavy (non-hydrogen) atoms. The van der Waals surface area contributed by atoms with Crippen LogP contribution in [0.1, 0.15) is 31.7 Å². The Bertz CT molecular complexity index is 584. The normalized spacial score (nSPS) is 27.4. The van der Waals surface area contributed by atoms with Crippen LogP contribution in [0.2, 0.25) is 0 Å². The summed E-state index contributed by atoms with van der Waals surface area (Å²) in [6, 6.07) is 6.26. The molecule has 4 heteroatoms. The maximum atomic E-state index is 10.0. The van der Waals surface area contributed by atoms with E-state index in [9.17, 15) is 5.11 Å². The summed E-state index contributed by atoms with van der Waals surface area (Å²) < 4.78 is 11.1. The van der Waals surface area contributed by atoms with Crippen LogP contribution in [0.15, 0.2) is 30.0 Å². The highest BCUT2D eigenvalue weighted by atomic mass is 16.5. The summed E-state index contributed by atoms with van der Waals surface area (Å²) in [6.45, 7) is 3.62. The first kappa shape index (κ1) is 15.2. The van der Waals surface area contributed by atoms with E-state index in [2.05, 4.69) is 24.1 Å². The highest BCUT2D eigenvalue weighted by molar-refractivity contribution is 5.49. The molecule has 1 saturated heterocycles. The zero-order valence-corrected chi connectivity index (χ0v) is 13.6. The largest absolute Gasteiger partial charge is 0.493 e. The zero-order chi connectivity index (χ0) is 15.7. The second-order valence-corrected chi connectivity index (χ2v) is 6.21. The summed E-state index contributed by atoms with van der Waals surface area (Å²) in [5.74, 6) is 1.58. The Morgan fingerprint density at radius 1 is 1.32 bits per heavy atom. The van der Waals surface area contributed by atoms with E-state index >= 15 is 0 Å². The van der Waals surface area contributed by atoms with Crippen LogP contribution in [0.25, 0.3) is 0 Å². The van der Waals surface area contributed by atoms with E-state index in [1.165, 1.54) is 11.3 Å². The quantitative estimate of drug-likeness (QED) is 0.928. The van der Waals surface area contributed by atoms with Crippen molar-refractivity contribution in [3.05, 3.63) is 35.5 Å². The van der Waals surface area contributed by atoms with Gasteiger partial charge in [-0.2, -0.15) is 0 Å². The fraction of sp³-hybridized carbons (Fsp3) is 0.556. The molecule has 1 aromatic carbocycles. The third-order valence-electron chi connectivity index (χ3n) is 5.01. The minimum atomic E-state index is -0.326. The van der Waals surface area contributed by atoms with E-state index in [1.807, 2.05) is 19.1 Å². The van der Waals surface area contributed by atoms with Gasteiger partial charge in [-0.3, -0.25) is 0 Å². The van der Waals surface area contributed by atoms with Crippen LogP contribution >= 0.6 is 0 Å². The van der Waals surface area contributed by atoms with Gasteiger partial charge in [-0.05, 0) is 50.0 Å².